The molecule has 0 saturated heterocycles. The molecule has 112 valence electrons. The van der Waals surface area contributed by atoms with Crippen LogP contribution in [0.2, 0.25) is 0 Å². The minimum absolute atomic E-state index is 0.357. The summed E-state index contributed by atoms with van der Waals surface area (Å²) in [5.41, 5.74) is 2.12. The largest absolute Gasteiger partial charge is 0.416 e. The summed E-state index contributed by atoms with van der Waals surface area (Å²) in [6, 6.07) is 13.3. The molecule has 0 aromatic heterocycles. The van der Waals surface area contributed by atoms with E-state index in [2.05, 4.69) is 19.2 Å². The zero-order chi connectivity index (χ0) is 15.5. The van der Waals surface area contributed by atoms with Crippen LogP contribution in [0, 0.1) is 0 Å². The highest BCUT2D eigenvalue weighted by atomic mass is 19.4. The lowest BCUT2D eigenvalue weighted by atomic mass is 10.0. The van der Waals surface area contributed by atoms with Gasteiger partial charge in [-0.15, -0.1) is 0 Å². The van der Waals surface area contributed by atoms with Crippen LogP contribution in [0.1, 0.15) is 36.5 Å². The Morgan fingerprint density at radius 2 is 1.71 bits per heavy atom. The fourth-order valence-electron chi connectivity index (χ4n) is 2.22. The van der Waals surface area contributed by atoms with Crippen LogP contribution in [0.3, 0.4) is 0 Å². The number of halogens is 3. The third-order valence-corrected chi connectivity index (χ3v) is 3.32. The van der Waals surface area contributed by atoms with E-state index in [9.17, 15) is 13.2 Å². The number of benzene rings is 2. The van der Waals surface area contributed by atoms with E-state index < -0.39 is 11.7 Å². The van der Waals surface area contributed by atoms with Gasteiger partial charge in [0.05, 0.1) is 5.56 Å². The minimum atomic E-state index is -4.30. The molecule has 0 radical (unpaired) electrons. The van der Waals surface area contributed by atoms with E-state index in [1.54, 1.807) is 6.07 Å². The maximum Gasteiger partial charge on any atom is 0.416 e. The van der Waals surface area contributed by atoms with E-state index in [1.165, 1.54) is 12.1 Å². The molecule has 1 nitrogen and oxygen atoms in total. The van der Waals surface area contributed by atoms with Crippen LogP contribution in [-0.2, 0) is 12.7 Å². The Bertz CT molecular complexity index is 603. The summed E-state index contributed by atoms with van der Waals surface area (Å²) < 4.78 is 38.0. The second-order valence-electron chi connectivity index (χ2n) is 5.29. The first kappa shape index (κ1) is 15.4. The molecule has 0 aliphatic rings. The van der Waals surface area contributed by atoms with Gasteiger partial charge in [0.2, 0.25) is 0 Å². The average Bonchev–Trinajstić information content (AvgIpc) is 2.45. The average molecular weight is 293 g/mol. The molecule has 4 heteroatoms. The highest BCUT2D eigenvalue weighted by Gasteiger charge is 2.30. The number of alkyl halides is 3. The van der Waals surface area contributed by atoms with Crippen molar-refractivity contribution in [3.05, 3.63) is 65.2 Å². The summed E-state index contributed by atoms with van der Waals surface area (Å²) in [4.78, 5) is 0. The molecule has 2 aromatic carbocycles. The van der Waals surface area contributed by atoms with Gasteiger partial charge in [0.1, 0.15) is 0 Å². The second kappa shape index (κ2) is 6.20. The summed E-state index contributed by atoms with van der Waals surface area (Å²) >= 11 is 0. The van der Waals surface area contributed by atoms with E-state index in [0.29, 0.717) is 18.0 Å². The van der Waals surface area contributed by atoms with Gasteiger partial charge in [-0.2, -0.15) is 13.2 Å². The maximum atomic E-state index is 12.7. The van der Waals surface area contributed by atoms with Crippen LogP contribution in [0.25, 0.3) is 0 Å². The number of hydrogen-bond donors (Lipinski definition) is 1. The van der Waals surface area contributed by atoms with Crippen LogP contribution in [-0.4, -0.2) is 0 Å². The summed E-state index contributed by atoms with van der Waals surface area (Å²) in [5, 5.41) is 3.22. The van der Waals surface area contributed by atoms with Gasteiger partial charge in [-0.1, -0.05) is 44.2 Å². The highest BCUT2D eigenvalue weighted by molar-refractivity contribution is 5.52. The Hall–Kier alpha value is -1.97. The number of anilines is 1. The zero-order valence-corrected chi connectivity index (χ0v) is 12.0. The smallest absolute Gasteiger partial charge is 0.381 e. The predicted molar refractivity (Wildman–Crippen MR) is 79.3 cm³/mol. The molecule has 21 heavy (non-hydrogen) atoms. The van der Waals surface area contributed by atoms with Gasteiger partial charge in [0.15, 0.2) is 0 Å². The molecule has 0 aliphatic carbocycles. The molecule has 1 N–H and O–H groups in total. The second-order valence-corrected chi connectivity index (χ2v) is 5.29. The summed E-state index contributed by atoms with van der Waals surface area (Å²) in [7, 11) is 0. The SMILES string of the molecule is CC(C)c1ccccc1NCc1cccc(C(F)(F)F)c1. The first-order chi connectivity index (χ1) is 9.88. The van der Waals surface area contributed by atoms with Crippen LogP contribution in [0.5, 0.6) is 0 Å². The van der Waals surface area contributed by atoms with Gasteiger partial charge in [0.25, 0.3) is 0 Å². The molecule has 0 saturated carbocycles. The van der Waals surface area contributed by atoms with Crippen molar-refractivity contribution in [1.29, 1.82) is 0 Å². The Kier molecular flexibility index (Phi) is 4.56. The van der Waals surface area contributed by atoms with E-state index >= 15 is 0 Å². The van der Waals surface area contributed by atoms with Gasteiger partial charge in [-0.25, -0.2) is 0 Å². The first-order valence-corrected chi connectivity index (χ1v) is 6.87. The summed E-state index contributed by atoms with van der Waals surface area (Å²) in [6.07, 6.45) is -4.30. The van der Waals surface area contributed by atoms with Crippen molar-refractivity contribution < 1.29 is 13.2 Å². The van der Waals surface area contributed by atoms with Crippen LogP contribution < -0.4 is 5.32 Å². The lowest BCUT2D eigenvalue weighted by Crippen LogP contribution is -2.07. The van der Waals surface area contributed by atoms with Crippen molar-refractivity contribution in [2.24, 2.45) is 0 Å². The fourth-order valence-corrected chi connectivity index (χ4v) is 2.22. The fraction of sp³-hybridized carbons (Fsp3) is 0.294. The first-order valence-electron chi connectivity index (χ1n) is 6.87. The summed E-state index contributed by atoms with van der Waals surface area (Å²) in [5.74, 6) is 0.357. The predicted octanol–water partition coefficient (Wildman–Crippen LogP) is 5.44. The number of rotatable bonds is 4. The molecule has 0 unspecified atom stereocenters. The van der Waals surface area contributed by atoms with E-state index in [4.69, 9.17) is 0 Å². The summed E-state index contributed by atoms with van der Waals surface area (Å²) in [6.45, 7) is 4.54. The molecule has 0 fully saturated rings. The topological polar surface area (TPSA) is 12.0 Å². The number of hydrogen-bond acceptors (Lipinski definition) is 1. The quantitative estimate of drug-likeness (QED) is 0.791. The normalized spacial score (nSPS) is 11.7. The van der Waals surface area contributed by atoms with Crippen LogP contribution in [0.15, 0.2) is 48.5 Å². The van der Waals surface area contributed by atoms with Crippen molar-refractivity contribution >= 4 is 5.69 Å². The molecule has 2 aromatic rings. The van der Waals surface area contributed by atoms with Crippen LogP contribution >= 0.6 is 0 Å². The molecular formula is C17H18F3N. The number of para-hydroxylation sites is 1. The Balaban J connectivity index is 2.14. The molecular weight excluding hydrogens is 275 g/mol. The molecule has 0 atom stereocenters. The lowest BCUT2D eigenvalue weighted by Gasteiger charge is -2.15. The van der Waals surface area contributed by atoms with Crippen molar-refractivity contribution in [2.75, 3.05) is 5.32 Å². The molecule has 0 spiro atoms. The Morgan fingerprint density at radius 3 is 2.38 bits per heavy atom. The van der Waals surface area contributed by atoms with Gasteiger partial charge in [-0.3, -0.25) is 0 Å². The Morgan fingerprint density at radius 1 is 1.00 bits per heavy atom. The molecule has 0 bridgehead atoms. The third-order valence-electron chi connectivity index (χ3n) is 3.32. The Labute approximate surface area is 122 Å². The van der Waals surface area contributed by atoms with E-state index in [0.717, 1.165) is 17.3 Å². The zero-order valence-electron chi connectivity index (χ0n) is 12.0. The lowest BCUT2D eigenvalue weighted by molar-refractivity contribution is -0.137. The highest BCUT2D eigenvalue weighted by Crippen LogP contribution is 2.30. The van der Waals surface area contributed by atoms with Gasteiger partial charge < -0.3 is 5.32 Å². The molecule has 0 heterocycles. The van der Waals surface area contributed by atoms with E-state index in [-0.39, 0.29) is 0 Å². The molecule has 0 aliphatic heterocycles. The minimum Gasteiger partial charge on any atom is -0.381 e. The van der Waals surface area contributed by atoms with Gasteiger partial charge >= 0.3 is 6.18 Å². The molecule has 2 rings (SSSR count). The third kappa shape index (κ3) is 4.00. The van der Waals surface area contributed by atoms with Crippen molar-refractivity contribution in [1.82, 2.24) is 0 Å². The standard InChI is InChI=1S/C17H18F3N/c1-12(2)15-8-3-4-9-16(15)21-11-13-6-5-7-14(10-13)17(18,19)20/h3-10,12,21H,11H2,1-2H3. The van der Waals surface area contributed by atoms with Crippen molar-refractivity contribution in [3.8, 4) is 0 Å². The van der Waals surface area contributed by atoms with Crippen LogP contribution in [0.4, 0.5) is 18.9 Å². The van der Waals surface area contributed by atoms with Crippen molar-refractivity contribution in [3.63, 3.8) is 0 Å². The molecule has 0 amide bonds. The maximum absolute atomic E-state index is 12.7. The monoisotopic (exact) mass is 293 g/mol. The van der Waals surface area contributed by atoms with Crippen molar-refractivity contribution in [2.45, 2.75) is 32.5 Å². The van der Waals surface area contributed by atoms with Gasteiger partial charge in [0, 0.05) is 12.2 Å². The van der Waals surface area contributed by atoms with Gasteiger partial charge in [-0.05, 0) is 35.2 Å². The number of nitrogens with one attached hydrogen (secondary N) is 1. The van der Waals surface area contributed by atoms with E-state index in [1.807, 2.05) is 24.3 Å².